The molecule has 5 nitrogen and oxygen atoms in total. The van der Waals surface area contributed by atoms with Gasteiger partial charge in [-0.05, 0) is 18.2 Å². The minimum atomic E-state index is -0.892. The van der Waals surface area contributed by atoms with Gasteiger partial charge in [-0.1, -0.05) is 0 Å². The number of ether oxygens (including phenoxy) is 1. The molecule has 2 aromatic carbocycles. The van der Waals surface area contributed by atoms with Crippen LogP contribution in [0.25, 0.3) is 0 Å². The smallest absolute Gasteiger partial charge is 0.295 e. The summed E-state index contributed by atoms with van der Waals surface area (Å²) in [7, 11) is 1.21. The summed E-state index contributed by atoms with van der Waals surface area (Å²) in [6.07, 6.45) is 0. The number of nitrogens with zero attached hydrogens (tertiary/aromatic N) is 1. The highest BCUT2D eigenvalue weighted by Gasteiger charge is 2.19. The molecule has 0 unspecified atom stereocenters. The van der Waals surface area contributed by atoms with Crippen molar-refractivity contribution in [2.45, 2.75) is 6.54 Å². The van der Waals surface area contributed by atoms with Crippen LogP contribution in [0.15, 0.2) is 30.3 Å². The van der Waals surface area contributed by atoms with Crippen LogP contribution in [0.4, 0.5) is 24.5 Å². The summed E-state index contributed by atoms with van der Waals surface area (Å²) in [5, 5.41) is 13.5. The summed E-state index contributed by atoms with van der Waals surface area (Å²) >= 11 is 0. The Hall–Kier alpha value is -2.77. The molecule has 0 amide bonds. The molecule has 0 radical (unpaired) electrons. The highest BCUT2D eigenvalue weighted by molar-refractivity contribution is 5.64. The molecule has 2 aromatic rings. The lowest BCUT2D eigenvalue weighted by molar-refractivity contribution is -0.384. The lowest BCUT2D eigenvalue weighted by Crippen LogP contribution is -2.06. The highest BCUT2D eigenvalue weighted by atomic mass is 19.1. The lowest BCUT2D eigenvalue weighted by Gasteiger charge is -2.10. The van der Waals surface area contributed by atoms with Crippen LogP contribution >= 0.6 is 0 Å². The maximum absolute atomic E-state index is 13.5. The monoisotopic (exact) mass is 312 g/mol. The molecular weight excluding hydrogens is 301 g/mol. The fourth-order valence-electron chi connectivity index (χ4n) is 1.86. The fraction of sp³-hybridized carbons (Fsp3) is 0.143. The molecule has 0 spiro atoms. The van der Waals surface area contributed by atoms with Crippen LogP contribution < -0.4 is 10.1 Å². The van der Waals surface area contributed by atoms with Crippen molar-refractivity contribution in [2.24, 2.45) is 0 Å². The summed E-state index contributed by atoms with van der Waals surface area (Å²) in [5.74, 6) is -2.39. The van der Waals surface area contributed by atoms with Crippen molar-refractivity contribution in [2.75, 3.05) is 12.4 Å². The van der Waals surface area contributed by atoms with Crippen molar-refractivity contribution in [3.05, 3.63) is 63.5 Å². The van der Waals surface area contributed by atoms with Gasteiger partial charge in [-0.25, -0.2) is 13.2 Å². The quantitative estimate of drug-likeness (QED) is 0.676. The van der Waals surface area contributed by atoms with Crippen LogP contribution in [0.2, 0.25) is 0 Å². The Labute approximate surface area is 123 Å². The normalized spacial score (nSPS) is 10.4. The van der Waals surface area contributed by atoms with E-state index in [1.54, 1.807) is 0 Å². The molecular formula is C14H11F3N2O3. The van der Waals surface area contributed by atoms with E-state index in [9.17, 15) is 23.3 Å². The average molecular weight is 312 g/mol. The third-order valence-electron chi connectivity index (χ3n) is 2.94. The van der Waals surface area contributed by atoms with E-state index in [1.165, 1.54) is 7.11 Å². The van der Waals surface area contributed by atoms with Crippen molar-refractivity contribution >= 4 is 11.4 Å². The molecule has 2 rings (SSSR count). The van der Waals surface area contributed by atoms with E-state index >= 15 is 0 Å². The number of nitro benzene ring substituents is 1. The van der Waals surface area contributed by atoms with Gasteiger partial charge >= 0.3 is 0 Å². The second-order valence-corrected chi connectivity index (χ2v) is 4.35. The molecule has 0 aliphatic heterocycles. The molecule has 0 saturated heterocycles. The first-order chi connectivity index (χ1) is 10.4. The number of hydrogen-bond donors (Lipinski definition) is 1. The largest absolute Gasteiger partial charge is 0.494 e. The zero-order valence-corrected chi connectivity index (χ0v) is 11.4. The van der Waals surface area contributed by atoms with Crippen molar-refractivity contribution in [1.29, 1.82) is 0 Å². The molecule has 0 aliphatic carbocycles. The fourth-order valence-corrected chi connectivity index (χ4v) is 1.86. The second-order valence-electron chi connectivity index (χ2n) is 4.35. The first-order valence-corrected chi connectivity index (χ1v) is 6.12. The number of halogens is 3. The summed E-state index contributed by atoms with van der Waals surface area (Å²) in [6, 6.07) is 4.66. The van der Waals surface area contributed by atoms with Gasteiger partial charge < -0.3 is 10.1 Å². The van der Waals surface area contributed by atoms with Gasteiger partial charge in [-0.3, -0.25) is 10.1 Å². The first-order valence-electron chi connectivity index (χ1n) is 6.12. The zero-order valence-electron chi connectivity index (χ0n) is 11.4. The number of rotatable bonds is 5. The summed E-state index contributed by atoms with van der Waals surface area (Å²) in [4.78, 5) is 10.1. The number of nitro groups is 1. The van der Waals surface area contributed by atoms with E-state index in [-0.39, 0.29) is 23.5 Å². The van der Waals surface area contributed by atoms with Crippen molar-refractivity contribution in [3.8, 4) is 5.75 Å². The molecule has 0 atom stereocenters. The van der Waals surface area contributed by atoms with Crippen molar-refractivity contribution in [1.82, 2.24) is 0 Å². The van der Waals surface area contributed by atoms with E-state index < -0.39 is 28.1 Å². The van der Waals surface area contributed by atoms with Crippen LogP contribution in [0.1, 0.15) is 5.56 Å². The van der Waals surface area contributed by atoms with Gasteiger partial charge in [-0.2, -0.15) is 0 Å². The number of benzene rings is 2. The van der Waals surface area contributed by atoms with E-state index in [2.05, 4.69) is 5.32 Å². The average Bonchev–Trinajstić information content (AvgIpc) is 2.48. The molecule has 0 aromatic heterocycles. The summed E-state index contributed by atoms with van der Waals surface area (Å²) in [5.41, 5.74) is -0.611. The third-order valence-corrected chi connectivity index (χ3v) is 2.94. The number of nitrogens with one attached hydrogen (secondary N) is 1. The van der Waals surface area contributed by atoms with Crippen LogP contribution in [-0.4, -0.2) is 12.0 Å². The van der Waals surface area contributed by atoms with Crippen LogP contribution in [0, 0.1) is 27.6 Å². The minimum Gasteiger partial charge on any atom is -0.494 e. The minimum absolute atomic E-state index is 0.0161. The van der Waals surface area contributed by atoms with Gasteiger partial charge in [0.2, 0.25) is 0 Å². The van der Waals surface area contributed by atoms with Gasteiger partial charge in [0.25, 0.3) is 5.69 Å². The standard InChI is InChI=1S/C14H11F3N2O3/c1-22-14-6-12(13(19(20)21)5-11(14)17)18-7-8-4-9(15)2-3-10(8)16/h2-6,18H,7H2,1H3. The topological polar surface area (TPSA) is 64.4 Å². The molecule has 116 valence electrons. The maximum Gasteiger partial charge on any atom is 0.295 e. The number of methoxy groups -OCH3 is 1. The molecule has 0 heterocycles. The predicted molar refractivity (Wildman–Crippen MR) is 73.3 cm³/mol. The second kappa shape index (κ2) is 6.33. The Bertz CT molecular complexity index is 723. The Morgan fingerprint density at radius 2 is 1.91 bits per heavy atom. The van der Waals surface area contributed by atoms with Crippen molar-refractivity contribution < 1.29 is 22.8 Å². The lowest BCUT2D eigenvalue weighted by atomic mass is 10.2. The Morgan fingerprint density at radius 3 is 2.55 bits per heavy atom. The maximum atomic E-state index is 13.5. The molecule has 0 saturated carbocycles. The number of hydrogen-bond acceptors (Lipinski definition) is 4. The third kappa shape index (κ3) is 3.27. The zero-order chi connectivity index (χ0) is 16.3. The van der Waals surface area contributed by atoms with Crippen LogP contribution in [-0.2, 0) is 6.54 Å². The SMILES string of the molecule is COc1cc(NCc2cc(F)ccc2F)c([N+](=O)[O-])cc1F. The van der Waals surface area contributed by atoms with Crippen LogP contribution in [0.3, 0.4) is 0 Å². The number of anilines is 1. The highest BCUT2D eigenvalue weighted by Crippen LogP contribution is 2.32. The molecule has 8 heteroatoms. The molecule has 0 bridgehead atoms. The molecule has 22 heavy (non-hydrogen) atoms. The van der Waals surface area contributed by atoms with Gasteiger partial charge in [-0.15, -0.1) is 0 Å². The van der Waals surface area contributed by atoms with Crippen LogP contribution in [0.5, 0.6) is 5.75 Å². The van der Waals surface area contributed by atoms with Gasteiger partial charge in [0.05, 0.1) is 18.1 Å². The van der Waals surface area contributed by atoms with Gasteiger partial charge in [0, 0.05) is 18.2 Å². The predicted octanol–water partition coefficient (Wildman–Crippen LogP) is 3.63. The first kappa shape index (κ1) is 15.6. The van der Waals surface area contributed by atoms with Gasteiger partial charge in [0.15, 0.2) is 11.6 Å². The van der Waals surface area contributed by atoms with Gasteiger partial charge in [0.1, 0.15) is 17.3 Å². The van der Waals surface area contributed by atoms with E-state index in [4.69, 9.17) is 4.74 Å². The van der Waals surface area contributed by atoms with E-state index in [0.29, 0.717) is 6.07 Å². The molecule has 0 fully saturated rings. The summed E-state index contributed by atoms with van der Waals surface area (Å²) in [6.45, 7) is -0.209. The Kier molecular flexibility index (Phi) is 4.50. The van der Waals surface area contributed by atoms with E-state index in [1.807, 2.05) is 0 Å². The summed E-state index contributed by atoms with van der Waals surface area (Å²) < 4.78 is 44.8. The van der Waals surface area contributed by atoms with E-state index in [0.717, 1.165) is 24.3 Å². The molecule has 0 aliphatic rings. The Balaban J connectivity index is 2.32. The van der Waals surface area contributed by atoms with Crippen molar-refractivity contribution in [3.63, 3.8) is 0 Å². The molecule has 1 N–H and O–H groups in total. The Morgan fingerprint density at radius 1 is 1.18 bits per heavy atom.